The first-order valence-corrected chi connectivity index (χ1v) is 9.29. The fourth-order valence-electron chi connectivity index (χ4n) is 3.51. The van der Waals surface area contributed by atoms with Crippen molar-refractivity contribution in [2.24, 2.45) is 11.8 Å². The largest absolute Gasteiger partial charge is 0.473 e. The van der Waals surface area contributed by atoms with Gasteiger partial charge in [0.1, 0.15) is 11.9 Å². The van der Waals surface area contributed by atoms with Gasteiger partial charge < -0.3 is 14.8 Å². The molecule has 148 valence electrons. The van der Waals surface area contributed by atoms with Crippen molar-refractivity contribution in [3.8, 4) is 11.8 Å². The summed E-state index contributed by atoms with van der Waals surface area (Å²) in [6, 6.07) is 1.32. The summed E-state index contributed by atoms with van der Waals surface area (Å²) >= 11 is 0. The minimum Gasteiger partial charge on any atom is -0.473 e. The maximum absolute atomic E-state index is 12.2. The highest BCUT2D eigenvalue weighted by molar-refractivity contribution is 5.51. The zero-order valence-electron chi connectivity index (χ0n) is 15.5. The number of anilines is 2. The van der Waals surface area contributed by atoms with E-state index in [2.05, 4.69) is 44.1 Å². The standard InChI is InChI=1S/C18H25F2N5O2/c1-3-12-5-4-6-13(11(2)7-12)26-17-10-21-9-15(23-17)22-14-8-16(25-24-14)27-18(19)20/h8-13,18H,3-7H2,1-2H3,(H2,22,23,24,25). The third kappa shape index (κ3) is 5.51. The number of aromatic amines is 1. The van der Waals surface area contributed by atoms with Crippen molar-refractivity contribution >= 4 is 11.6 Å². The monoisotopic (exact) mass is 381 g/mol. The molecule has 1 aliphatic carbocycles. The molecule has 3 unspecified atom stereocenters. The van der Waals surface area contributed by atoms with E-state index in [0.29, 0.717) is 23.4 Å². The van der Waals surface area contributed by atoms with E-state index in [4.69, 9.17) is 4.74 Å². The van der Waals surface area contributed by atoms with Crippen molar-refractivity contribution in [1.29, 1.82) is 0 Å². The Morgan fingerprint density at radius 2 is 2.15 bits per heavy atom. The second-order valence-corrected chi connectivity index (χ2v) is 6.94. The summed E-state index contributed by atoms with van der Waals surface area (Å²) in [4.78, 5) is 8.55. The van der Waals surface area contributed by atoms with Crippen LogP contribution >= 0.6 is 0 Å². The van der Waals surface area contributed by atoms with Gasteiger partial charge in [-0.15, -0.1) is 5.10 Å². The Hall–Kier alpha value is -2.45. The van der Waals surface area contributed by atoms with Crippen LogP contribution in [-0.4, -0.2) is 32.9 Å². The molecule has 2 aromatic rings. The number of H-pyrrole nitrogens is 1. The Bertz CT molecular complexity index is 727. The summed E-state index contributed by atoms with van der Waals surface area (Å²) in [5.41, 5.74) is 0. The normalized spacial score (nSPS) is 23.1. The van der Waals surface area contributed by atoms with Gasteiger partial charge >= 0.3 is 6.61 Å². The van der Waals surface area contributed by atoms with Gasteiger partial charge in [0.15, 0.2) is 5.82 Å². The molecule has 0 saturated heterocycles. The molecule has 1 fully saturated rings. The molecule has 7 nitrogen and oxygen atoms in total. The molecule has 2 heterocycles. The first-order chi connectivity index (χ1) is 13.0. The van der Waals surface area contributed by atoms with Gasteiger partial charge in [0.25, 0.3) is 0 Å². The van der Waals surface area contributed by atoms with Crippen LogP contribution in [0.25, 0.3) is 0 Å². The number of ether oxygens (including phenoxy) is 2. The second kappa shape index (κ2) is 8.96. The Morgan fingerprint density at radius 3 is 2.93 bits per heavy atom. The van der Waals surface area contributed by atoms with Crippen molar-refractivity contribution in [3.63, 3.8) is 0 Å². The molecule has 1 saturated carbocycles. The quantitative estimate of drug-likeness (QED) is 0.686. The zero-order valence-corrected chi connectivity index (χ0v) is 15.5. The third-order valence-electron chi connectivity index (χ3n) is 4.93. The number of hydrogen-bond donors (Lipinski definition) is 2. The molecule has 0 aromatic carbocycles. The number of rotatable bonds is 7. The van der Waals surface area contributed by atoms with Crippen LogP contribution in [0.1, 0.15) is 46.0 Å². The van der Waals surface area contributed by atoms with Crippen molar-refractivity contribution < 1.29 is 18.3 Å². The summed E-state index contributed by atoms with van der Waals surface area (Å²) in [5, 5.41) is 9.11. The van der Waals surface area contributed by atoms with Crippen LogP contribution in [0.15, 0.2) is 18.5 Å². The van der Waals surface area contributed by atoms with E-state index in [-0.39, 0.29) is 12.0 Å². The molecule has 3 rings (SSSR count). The molecular formula is C18H25F2N5O2. The number of aromatic nitrogens is 4. The molecule has 27 heavy (non-hydrogen) atoms. The molecule has 0 aliphatic heterocycles. The van der Waals surface area contributed by atoms with E-state index >= 15 is 0 Å². The van der Waals surface area contributed by atoms with Crippen LogP contribution < -0.4 is 14.8 Å². The lowest BCUT2D eigenvalue weighted by molar-refractivity contribution is -0.0528. The summed E-state index contributed by atoms with van der Waals surface area (Å²) in [6.07, 6.45) is 8.99. The molecule has 9 heteroatoms. The number of alkyl halides is 2. The van der Waals surface area contributed by atoms with Crippen LogP contribution in [0.5, 0.6) is 11.8 Å². The van der Waals surface area contributed by atoms with E-state index in [0.717, 1.165) is 25.2 Å². The summed E-state index contributed by atoms with van der Waals surface area (Å²) in [5.74, 6) is 2.24. The van der Waals surface area contributed by atoms with Gasteiger partial charge in [-0.2, -0.15) is 13.8 Å². The average molecular weight is 381 g/mol. The highest BCUT2D eigenvalue weighted by Crippen LogP contribution is 2.32. The van der Waals surface area contributed by atoms with Crippen LogP contribution in [0.4, 0.5) is 20.4 Å². The molecule has 1 aliphatic rings. The molecule has 3 atom stereocenters. The maximum atomic E-state index is 12.2. The fraction of sp³-hybridized carbons (Fsp3) is 0.611. The lowest BCUT2D eigenvalue weighted by atomic mass is 9.91. The lowest BCUT2D eigenvalue weighted by Crippen LogP contribution is -2.25. The van der Waals surface area contributed by atoms with Gasteiger partial charge in [-0.1, -0.05) is 26.7 Å². The topological polar surface area (TPSA) is 85.0 Å². The van der Waals surface area contributed by atoms with Crippen LogP contribution in [0.3, 0.4) is 0 Å². The van der Waals surface area contributed by atoms with E-state index in [1.807, 2.05) is 0 Å². The van der Waals surface area contributed by atoms with E-state index in [9.17, 15) is 8.78 Å². The van der Waals surface area contributed by atoms with Crippen LogP contribution in [0, 0.1) is 11.8 Å². The Kier molecular flexibility index (Phi) is 6.41. The summed E-state index contributed by atoms with van der Waals surface area (Å²) < 4.78 is 34.7. The van der Waals surface area contributed by atoms with Crippen molar-refractivity contribution in [2.45, 2.75) is 58.7 Å². The smallest absolute Gasteiger partial charge is 0.388 e. The Labute approximate surface area is 156 Å². The molecule has 2 aromatic heterocycles. The first-order valence-electron chi connectivity index (χ1n) is 9.29. The minimum atomic E-state index is -2.92. The SMILES string of the molecule is CCC1CCCC(Oc2cncc(Nc3cc(OC(F)F)n[nH]3)n2)C(C)C1. The number of nitrogens with zero attached hydrogens (tertiary/aromatic N) is 3. The minimum absolute atomic E-state index is 0.115. The molecule has 0 radical (unpaired) electrons. The number of halogens is 2. The van der Waals surface area contributed by atoms with Gasteiger partial charge in [-0.3, -0.25) is 10.1 Å². The zero-order chi connectivity index (χ0) is 19.2. The van der Waals surface area contributed by atoms with E-state index < -0.39 is 6.61 Å². The summed E-state index contributed by atoms with van der Waals surface area (Å²) in [6.45, 7) is 1.54. The predicted molar refractivity (Wildman–Crippen MR) is 96.4 cm³/mol. The molecule has 0 spiro atoms. The number of hydrogen-bond acceptors (Lipinski definition) is 6. The highest BCUT2D eigenvalue weighted by atomic mass is 19.3. The maximum Gasteiger partial charge on any atom is 0.388 e. The van der Waals surface area contributed by atoms with E-state index in [1.165, 1.54) is 25.1 Å². The van der Waals surface area contributed by atoms with Crippen LogP contribution in [-0.2, 0) is 0 Å². The van der Waals surface area contributed by atoms with Crippen molar-refractivity contribution in [2.75, 3.05) is 5.32 Å². The second-order valence-electron chi connectivity index (χ2n) is 6.94. The molecule has 0 amide bonds. The van der Waals surface area contributed by atoms with Crippen molar-refractivity contribution in [3.05, 3.63) is 18.5 Å². The van der Waals surface area contributed by atoms with E-state index in [1.54, 1.807) is 6.20 Å². The lowest BCUT2D eigenvalue weighted by Gasteiger charge is -2.23. The predicted octanol–water partition coefficient (Wildman–Crippen LogP) is 4.53. The first kappa shape index (κ1) is 19.3. The summed E-state index contributed by atoms with van der Waals surface area (Å²) in [7, 11) is 0. The molecule has 2 N–H and O–H groups in total. The molecule has 0 bridgehead atoms. The molecular weight excluding hydrogens is 356 g/mol. The highest BCUT2D eigenvalue weighted by Gasteiger charge is 2.26. The third-order valence-corrected chi connectivity index (χ3v) is 4.93. The number of nitrogens with one attached hydrogen (secondary N) is 2. The average Bonchev–Trinajstić information content (AvgIpc) is 2.97. The van der Waals surface area contributed by atoms with Crippen LogP contribution in [0.2, 0.25) is 0 Å². The van der Waals surface area contributed by atoms with Gasteiger partial charge in [0.05, 0.1) is 12.4 Å². The Balaban J connectivity index is 1.62. The fourth-order valence-corrected chi connectivity index (χ4v) is 3.51. The van der Waals surface area contributed by atoms with Gasteiger partial charge in [0, 0.05) is 6.07 Å². The van der Waals surface area contributed by atoms with Gasteiger partial charge in [-0.25, -0.2) is 0 Å². The van der Waals surface area contributed by atoms with Gasteiger partial charge in [-0.05, 0) is 31.1 Å². The Morgan fingerprint density at radius 1 is 1.30 bits per heavy atom. The van der Waals surface area contributed by atoms with Gasteiger partial charge in [0.2, 0.25) is 11.8 Å². The van der Waals surface area contributed by atoms with Crippen molar-refractivity contribution in [1.82, 2.24) is 20.2 Å².